The van der Waals surface area contributed by atoms with E-state index in [1.165, 1.54) is 12.8 Å². The fourth-order valence-electron chi connectivity index (χ4n) is 2.50. The van der Waals surface area contributed by atoms with E-state index in [0.29, 0.717) is 18.0 Å². The van der Waals surface area contributed by atoms with Crippen LogP contribution in [-0.2, 0) is 0 Å². The number of terminal acetylenes is 1. The van der Waals surface area contributed by atoms with Crippen LogP contribution in [0.4, 0.5) is 0 Å². The van der Waals surface area contributed by atoms with E-state index in [1.807, 2.05) is 0 Å². The summed E-state index contributed by atoms with van der Waals surface area (Å²) in [5.41, 5.74) is 0. The van der Waals surface area contributed by atoms with E-state index in [2.05, 4.69) is 11.2 Å². The van der Waals surface area contributed by atoms with E-state index in [0.717, 1.165) is 12.8 Å². The van der Waals surface area contributed by atoms with Gasteiger partial charge in [-0.2, -0.15) is 0 Å². The van der Waals surface area contributed by atoms with Crippen molar-refractivity contribution in [2.24, 2.45) is 5.92 Å². The molecule has 2 heterocycles. The van der Waals surface area contributed by atoms with Crippen molar-refractivity contribution in [3.8, 4) is 12.3 Å². The lowest BCUT2D eigenvalue weighted by Crippen LogP contribution is -2.41. The molecule has 2 rings (SSSR count). The predicted octanol–water partition coefficient (Wildman–Crippen LogP) is 0.511. The molecule has 3 unspecified atom stereocenters. The van der Waals surface area contributed by atoms with Crippen LogP contribution in [0.5, 0.6) is 0 Å². The largest absolute Gasteiger partial charge is 0.380 e. The number of hydrogen-bond acceptors (Lipinski definition) is 2. The van der Waals surface area contributed by atoms with Crippen molar-refractivity contribution in [2.75, 3.05) is 0 Å². The van der Waals surface area contributed by atoms with Gasteiger partial charge < -0.3 is 10.4 Å². The molecule has 0 radical (unpaired) electrons. The van der Waals surface area contributed by atoms with E-state index in [1.54, 1.807) is 0 Å². The summed E-state index contributed by atoms with van der Waals surface area (Å²) in [6.07, 6.45) is 9.31. The maximum Gasteiger partial charge on any atom is 0.117 e. The molecule has 2 heteroatoms. The van der Waals surface area contributed by atoms with Gasteiger partial charge in [0.1, 0.15) is 6.10 Å². The summed E-state index contributed by atoms with van der Waals surface area (Å²) in [6.45, 7) is 0. The van der Waals surface area contributed by atoms with E-state index in [-0.39, 0.29) is 0 Å². The Morgan fingerprint density at radius 1 is 1.33 bits per heavy atom. The standard InChI is InChI=1S/C10H15NO/c1-2-10(12)7-5-8-3-4-9(6-7)11-8/h1,7-12H,3-6H2. The monoisotopic (exact) mass is 165 g/mol. The number of aliphatic hydroxyl groups is 1. The van der Waals surface area contributed by atoms with Gasteiger partial charge in [0.2, 0.25) is 0 Å². The van der Waals surface area contributed by atoms with Gasteiger partial charge in [-0.3, -0.25) is 0 Å². The summed E-state index contributed by atoms with van der Waals surface area (Å²) in [5.74, 6) is 2.77. The second-order valence-electron chi connectivity index (χ2n) is 3.98. The van der Waals surface area contributed by atoms with Crippen molar-refractivity contribution >= 4 is 0 Å². The third-order valence-electron chi connectivity index (χ3n) is 3.13. The van der Waals surface area contributed by atoms with Crippen LogP contribution in [0.25, 0.3) is 0 Å². The van der Waals surface area contributed by atoms with Crippen molar-refractivity contribution in [1.29, 1.82) is 0 Å². The Balaban J connectivity index is 1.99. The van der Waals surface area contributed by atoms with Crippen LogP contribution in [-0.4, -0.2) is 23.3 Å². The Morgan fingerprint density at radius 2 is 1.92 bits per heavy atom. The van der Waals surface area contributed by atoms with E-state index in [9.17, 15) is 5.11 Å². The molecule has 0 aromatic heterocycles. The molecule has 2 aliphatic rings. The van der Waals surface area contributed by atoms with Crippen molar-refractivity contribution < 1.29 is 5.11 Å². The van der Waals surface area contributed by atoms with Crippen LogP contribution in [0.1, 0.15) is 25.7 Å². The fourth-order valence-corrected chi connectivity index (χ4v) is 2.50. The minimum atomic E-state index is -0.518. The summed E-state index contributed by atoms with van der Waals surface area (Å²) in [4.78, 5) is 0. The van der Waals surface area contributed by atoms with Crippen molar-refractivity contribution in [3.05, 3.63) is 0 Å². The van der Waals surface area contributed by atoms with Gasteiger partial charge in [0.15, 0.2) is 0 Å². The molecule has 0 amide bonds. The zero-order valence-electron chi connectivity index (χ0n) is 7.16. The second-order valence-corrected chi connectivity index (χ2v) is 3.98. The molecule has 2 bridgehead atoms. The van der Waals surface area contributed by atoms with Crippen molar-refractivity contribution in [2.45, 2.75) is 43.9 Å². The highest BCUT2D eigenvalue weighted by Crippen LogP contribution is 2.32. The molecule has 12 heavy (non-hydrogen) atoms. The molecule has 66 valence electrons. The Bertz CT molecular complexity index is 196. The summed E-state index contributed by atoms with van der Waals surface area (Å²) in [7, 11) is 0. The van der Waals surface area contributed by atoms with Gasteiger partial charge in [0.05, 0.1) is 0 Å². The van der Waals surface area contributed by atoms with Gasteiger partial charge >= 0.3 is 0 Å². The quantitative estimate of drug-likeness (QED) is 0.555. The number of fused-ring (bicyclic) bond motifs is 2. The Morgan fingerprint density at radius 3 is 2.42 bits per heavy atom. The number of piperidine rings is 1. The van der Waals surface area contributed by atoms with E-state index >= 15 is 0 Å². The van der Waals surface area contributed by atoms with E-state index < -0.39 is 6.10 Å². The van der Waals surface area contributed by atoms with Crippen LogP contribution < -0.4 is 5.32 Å². The normalized spacial score (nSPS) is 42.2. The minimum Gasteiger partial charge on any atom is -0.380 e. The second kappa shape index (κ2) is 3.08. The average molecular weight is 165 g/mol. The van der Waals surface area contributed by atoms with Crippen molar-refractivity contribution in [1.82, 2.24) is 5.32 Å². The molecular formula is C10H15NO. The molecular weight excluding hydrogens is 150 g/mol. The molecule has 2 fully saturated rings. The van der Waals surface area contributed by atoms with Crippen LogP contribution in [0.2, 0.25) is 0 Å². The topological polar surface area (TPSA) is 32.3 Å². The molecule has 0 spiro atoms. The predicted molar refractivity (Wildman–Crippen MR) is 47.5 cm³/mol. The average Bonchev–Trinajstić information content (AvgIpc) is 2.44. The third kappa shape index (κ3) is 1.35. The van der Waals surface area contributed by atoms with Gasteiger partial charge in [-0.1, -0.05) is 5.92 Å². The SMILES string of the molecule is C#CC(O)C1CC2CCC(C1)N2. The Labute approximate surface area is 73.4 Å². The molecule has 2 N–H and O–H groups in total. The number of rotatable bonds is 1. The molecule has 3 atom stereocenters. The number of hydrogen-bond donors (Lipinski definition) is 2. The lowest BCUT2D eigenvalue weighted by molar-refractivity contribution is 0.121. The van der Waals surface area contributed by atoms with Crippen molar-refractivity contribution in [3.63, 3.8) is 0 Å². The highest BCUT2D eigenvalue weighted by atomic mass is 16.3. The molecule has 0 aliphatic carbocycles. The zero-order valence-corrected chi connectivity index (χ0v) is 7.16. The number of aliphatic hydroxyl groups excluding tert-OH is 1. The van der Waals surface area contributed by atoms with Crippen LogP contribution in [0.3, 0.4) is 0 Å². The van der Waals surface area contributed by atoms with Gasteiger partial charge in [-0.05, 0) is 31.6 Å². The lowest BCUT2D eigenvalue weighted by atomic mass is 9.88. The van der Waals surface area contributed by atoms with Gasteiger partial charge in [-0.25, -0.2) is 0 Å². The van der Waals surface area contributed by atoms with Crippen LogP contribution in [0.15, 0.2) is 0 Å². The van der Waals surface area contributed by atoms with Gasteiger partial charge in [0.25, 0.3) is 0 Å². The lowest BCUT2D eigenvalue weighted by Gasteiger charge is -2.30. The molecule has 2 nitrogen and oxygen atoms in total. The Hall–Kier alpha value is -0.520. The maximum absolute atomic E-state index is 9.48. The minimum absolute atomic E-state index is 0.341. The zero-order chi connectivity index (χ0) is 8.55. The maximum atomic E-state index is 9.48. The molecule has 0 aromatic rings. The van der Waals surface area contributed by atoms with Gasteiger partial charge in [0, 0.05) is 12.1 Å². The van der Waals surface area contributed by atoms with Gasteiger partial charge in [-0.15, -0.1) is 6.42 Å². The summed E-state index contributed by atoms with van der Waals surface area (Å²) in [6, 6.07) is 1.24. The smallest absolute Gasteiger partial charge is 0.117 e. The highest BCUT2D eigenvalue weighted by Gasteiger charge is 2.35. The Kier molecular flexibility index (Phi) is 2.08. The summed E-state index contributed by atoms with van der Waals surface area (Å²) < 4.78 is 0. The first-order valence-electron chi connectivity index (χ1n) is 4.70. The van der Waals surface area contributed by atoms with Crippen LogP contribution >= 0.6 is 0 Å². The fraction of sp³-hybridized carbons (Fsp3) is 0.800. The summed E-state index contributed by atoms with van der Waals surface area (Å²) >= 11 is 0. The molecule has 0 aromatic carbocycles. The number of nitrogens with one attached hydrogen (secondary N) is 1. The molecule has 0 saturated carbocycles. The van der Waals surface area contributed by atoms with E-state index in [4.69, 9.17) is 6.42 Å². The highest BCUT2D eigenvalue weighted by molar-refractivity contribution is 5.02. The first-order chi connectivity index (χ1) is 5.79. The first-order valence-corrected chi connectivity index (χ1v) is 4.70. The third-order valence-corrected chi connectivity index (χ3v) is 3.13. The first kappa shape index (κ1) is 8.10. The molecule has 2 aliphatic heterocycles. The summed E-state index contributed by atoms with van der Waals surface area (Å²) in [5, 5.41) is 13.0. The van der Waals surface area contributed by atoms with Crippen LogP contribution in [0, 0.1) is 18.3 Å². The molecule has 2 saturated heterocycles.